The van der Waals surface area contributed by atoms with Gasteiger partial charge >= 0.3 is 0 Å². The highest BCUT2D eigenvalue weighted by atomic mass is 32.2. The van der Waals surface area contributed by atoms with Gasteiger partial charge in [0.15, 0.2) is 5.16 Å². The molecule has 6 rings (SSSR count). The first kappa shape index (κ1) is 21.4. The van der Waals surface area contributed by atoms with Crippen molar-refractivity contribution in [3.05, 3.63) is 66.0 Å². The quantitative estimate of drug-likeness (QED) is 0.379. The summed E-state index contributed by atoms with van der Waals surface area (Å²) in [6.07, 6.45) is 4.50. The molecule has 0 radical (unpaired) electrons. The third-order valence-corrected chi connectivity index (χ3v) is 8.10. The summed E-state index contributed by atoms with van der Waals surface area (Å²) in [6.45, 7) is 7.24. The van der Waals surface area contributed by atoms with Crippen LogP contribution in [-0.4, -0.2) is 53.7 Å². The molecule has 1 saturated heterocycles. The van der Waals surface area contributed by atoms with Gasteiger partial charge in [-0.25, -0.2) is 4.98 Å². The van der Waals surface area contributed by atoms with E-state index in [1.165, 1.54) is 16.7 Å². The van der Waals surface area contributed by atoms with Gasteiger partial charge in [-0.3, -0.25) is 4.79 Å². The van der Waals surface area contributed by atoms with Crippen molar-refractivity contribution < 1.29 is 4.79 Å². The maximum atomic E-state index is 13.8. The predicted molar refractivity (Wildman–Crippen MR) is 133 cm³/mol. The standard InChI is InChI=1S/C26H28N6OS/c1-16(2)31-23-7-5-4-6-21(23)29-26(31)34-15-24-19-13-18(19)14-30(24)25(33)20-12-17(3)8-9-22(20)32-27-10-11-28-32/h4-12,16,18-19,24H,13-15H2,1-3H3/t18-,19-,24-/m1/s1. The fourth-order valence-corrected chi connectivity index (χ4v) is 6.65. The molecular formula is C26H28N6OS. The molecular weight excluding hydrogens is 444 g/mol. The minimum absolute atomic E-state index is 0.0752. The zero-order valence-electron chi connectivity index (χ0n) is 19.6. The molecule has 0 bridgehead atoms. The van der Waals surface area contributed by atoms with Crippen LogP contribution >= 0.6 is 11.8 Å². The van der Waals surface area contributed by atoms with Gasteiger partial charge < -0.3 is 9.47 Å². The first-order chi connectivity index (χ1) is 16.5. The van der Waals surface area contributed by atoms with Gasteiger partial charge in [-0.2, -0.15) is 15.0 Å². The second kappa shape index (κ2) is 8.27. The number of hydrogen-bond acceptors (Lipinski definition) is 5. The van der Waals surface area contributed by atoms with Crippen molar-refractivity contribution in [3.63, 3.8) is 0 Å². The molecule has 4 aromatic rings. The largest absolute Gasteiger partial charge is 0.334 e. The zero-order chi connectivity index (χ0) is 23.4. The Bertz CT molecular complexity index is 1360. The fourth-order valence-electron chi connectivity index (χ4n) is 5.29. The van der Waals surface area contributed by atoms with Crippen LogP contribution in [0.4, 0.5) is 0 Å². The Morgan fingerprint density at radius 1 is 1.15 bits per heavy atom. The van der Waals surface area contributed by atoms with Crippen LogP contribution in [0.5, 0.6) is 0 Å². The Balaban J connectivity index is 1.28. The van der Waals surface area contributed by atoms with Crippen LogP contribution in [0, 0.1) is 18.8 Å². The summed E-state index contributed by atoms with van der Waals surface area (Å²) in [6, 6.07) is 14.7. The molecule has 2 fully saturated rings. The van der Waals surface area contributed by atoms with Gasteiger partial charge in [0.1, 0.15) is 0 Å². The number of piperidine rings is 1. The number of aromatic nitrogens is 5. The number of thioether (sulfide) groups is 1. The number of carbonyl (C=O) groups excluding carboxylic acids is 1. The Kier molecular flexibility index (Phi) is 5.21. The van der Waals surface area contributed by atoms with E-state index in [2.05, 4.69) is 51.7 Å². The van der Waals surface area contributed by atoms with E-state index in [0.29, 0.717) is 23.4 Å². The Labute approximate surface area is 203 Å². The summed E-state index contributed by atoms with van der Waals surface area (Å²) in [4.78, 5) is 22.4. The molecule has 3 heterocycles. The number of amides is 1. The summed E-state index contributed by atoms with van der Waals surface area (Å²) < 4.78 is 2.31. The lowest BCUT2D eigenvalue weighted by molar-refractivity contribution is 0.0722. The molecule has 8 heteroatoms. The van der Waals surface area contributed by atoms with E-state index in [-0.39, 0.29) is 11.9 Å². The number of aryl methyl sites for hydroxylation is 1. The van der Waals surface area contributed by atoms with E-state index in [1.807, 2.05) is 31.2 Å². The molecule has 2 aromatic heterocycles. The summed E-state index contributed by atoms with van der Waals surface area (Å²) in [5, 5.41) is 9.57. The topological polar surface area (TPSA) is 68.8 Å². The van der Waals surface area contributed by atoms with Crippen LogP contribution in [0.3, 0.4) is 0 Å². The minimum Gasteiger partial charge on any atom is -0.334 e. The number of para-hydroxylation sites is 2. The van der Waals surface area contributed by atoms with Crippen LogP contribution in [-0.2, 0) is 0 Å². The molecule has 2 aromatic carbocycles. The van der Waals surface area contributed by atoms with Crippen molar-refractivity contribution in [2.24, 2.45) is 11.8 Å². The smallest absolute Gasteiger partial charge is 0.256 e. The van der Waals surface area contributed by atoms with Crippen LogP contribution < -0.4 is 0 Å². The Hall–Kier alpha value is -3.13. The molecule has 1 amide bonds. The van der Waals surface area contributed by atoms with E-state index in [1.54, 1.807) is 24.2 Å². The van der Waals surface area contributed by atoms with Gasteiger partial charge in [0.2, 0.25) is 0 Å². The van der Waals surface area contributed by atoms with Crippen molar-refractivity contribution >= 4 is 28.7 Å². The van der Waals surface area contributed by atoms with Crippen LogP contribution in [0.25, 0.3) is 16.7 Å². The summed E-state index contributed by atoms with van der Waals surface area (Å²) in [5.41, 5.74) is 4.65. The molecule has 0 spiro atoms. The summed E-state index contributed by atoms with van der Waals surface area (Å²) in [5.74, 6) is 2.13. The van der Waals surface area contributed by atoms with E-state index in [0.717, 1.165) is 34.2 Å². The Morgan fingerprint density at radius 3 is 2.74 bits per heavy atom. The lowest BCUT2D eigenvalue weighted by Crippen LogP contribution is -2.40. The maximum Gasteiger partial charge on any atom is 0.256 e. The third-order valence-electron chi connectivity index (χ3n) is 7.04. The fraction of sp³-hybridized carbons (Fsp3) is 0.385. The second-order valence-corrected chi connectivity index (χ2v) is 10.7. The monoisotopic (exact) mass is 472 g/mol. The summed E-state index contributed by atoms with van der Waals surface area (Å²) in [7, 11) is 0. The number of hydrogen-bond donors (Lipinski definition) is 0. The highest BCUT2D eigenvalue weighted by molar-refractivity contribution is 7.99. The highest BCUT2D eigenvalue weighted by Gasteiger charge is 2.54. The maximum absolute atomic E-state index is 13.8. The summed E-state index contributed by atoms with van der Waals surface area (Å²) >= 11 is 1.78. The molecule has 3 atom stereocenters. The number of rotatable bonds is 6. The first-order valence-corrected chi connectivity index (χ1v) is 12.9. The van der Waals surface area contributed by atoms with Gasteiger partial charge in [-0.1, -0.05) is 35.5 Å². The number of imidazole rings is 1. The molecule has 0 N–H and O–H groups in total. The van der Waals surface area contributed by atoms with E-state index in [4.69, 9.17) is 4.98 Å². The van der Waals surface area contributed by atoms with Crippen molar-refractivity contribution in [1.29, 1.82) is 0 Å². The first-order valence-electron chi connectivity index (χ1n) is 11.9. The highest BCUT2D eigenvalue weighted by Crippen LogP contribution is 2.51. The molecule has 1 aliphatic heterocycles. The number of fused-ring (bicyclic) bond motifs is 2. The van der Waals surface area contributed by atoms with Crippen molar-refractivity contribution in [1.82, 2.24) is 29.4 Å². The lowest BCUT2D eigenvalue weighted by Gasteiger charge is -2.28. The van der Waals surface area contributed by atoms with E-state index in [9.17, 15) is 4.79 Å². The molecule has 174 valence electrons. The molecule has 0 unspecified atom stereocenters. The van der Waals surface area contributed by atoms with Crippen molar-refractivity contribution in [2.45, 2.75) is 44.4 Å². The van der Waals surface area contributed by atoms with E-state index >= 15 is 0 Å². The van der Waals surface area contributed by atoms with Crippen molar-refractivity contribution in [3.8, 4) is 5.69 Å². The molecule has 2 aliphatic rings. The zero-order valence-corrected chi connectivity index (χ0v) is 20.4. The third kappa shape index (κ3) is 3.60. The van der Waals surface area contributed by atoms with E-state index < -0.39 is 0 Å². The number of likely N-dealkylation sites (tertiary alicyclic amines) is 1. The molecule has 1 aliphatic carbocycles. The van der Waals surface area contributed by atoms with Crippen LogP contribution in [0.15, 0.2) is 60.0 Å². The average Bonchev–Trinajstić information content (AvgIpc) is 3.20. The predicted octanol–water partition coefficient (Wildman–Crippen LogP) is 4.76. The molecule has 7 nitrogen and oxygen atoms in total. The Morgan fingerprint density at radius 2 is 1.94 bits per heavy atom. The number of benzene rings is 2. The van der Waals surface area contributed by atoms with Crippen LogP contribution in [0.1, 0.15) is 42.2 Å². The van der Waals surface area contributed by atoms with Crippen LogP contribution in [0.2, 0.25) is 0 Å². The SMILES string of the molecule is Cc1ccc(-n2nccn2)c(C(=O)N2C[C@H]3C[C@H]3[C@H]2CSc2nc3ccccc3n2C(C)C)c1. The second-order valence-electron chi connectivity index (χ2n) is 9.68. The van der Waals surface area contributed by atoms with Gasteiger partial charge in [-0.15, -0.1) is 0 Å². The number of carbonyl (C=O) groups is 1. The number of nitrogens with zero attached hydrogens (tertiary/aromatic N) is 6. The molecule has 34 heavy (non-hydrogen) atoms. The van der Waals surface area contributed by atoms with Crippen molar-refractivity contribution in [2.75, 3.05) is 12.3 Å². The van der Waals surface area contributed by atoms with Gasteiger partial charge in [0, 0.05) is 24.4 Å². The lowest BCUT2D eigenvalue weighted by atomic mass is 10.1. The van der Waals surface area contributed by atoms with Gasteiger partial charge in [-0.05, 0) is 63.3 Å². The molecule has 1 saturated carbocycles. The minimum atomic E-state index is 0.0752. The van der Waals surface area contributed by atoms with Gasteiger partial charge in [0.05, 0.1) is 34.7 Å². The van der Waals surface area contributed by atoms with Gasteiger partial charge in [0.25, 0.3) is 5.91 Å². The normalized spacial score (nSPS) is 21.4. The average molecular weight is 473 g/mol.